The molecule has 0 amide bonds. The van der Waals surface area contributed by atoms with E-state index in [2.05, 4.69) is 17.1 Å². The van der Waals surface area contributed by atoms with Crippen LogP contribution >= 0.6 is 11.6 Å². The summed E-state index contributed by atoms with van der Waals surface area (Å²) in [5, 5.41) is 16.2. The third kappa shape index (κ3) is 4.07. The lowest BCUT2D eigenvalue weighted by Crippen LogP contribution is -2.15. The van der Waals surface area contributed by atoms with Crippen molar-refractivity contribution in [2.75, 3.05) is 0 Å². The highest BCUT2D eigenvalue weighted by molar-refractivity contribution is 6.30. The van der Waals surface area contributed by atoms with Crippen molar-refractivity contribution >= 4 is 11.6 Å². The van der Waals surface area contributed by atoms with Crippen LogP contribution in [0, 0.1) is 0 Å². The maximum atomic E-state index is 11.2. The number of aliphatic hydroxyl groups is 1. The Kier molecular flexibility index (Phi) is 5.68. The van der Waals surface area contributed by atoms with E-state index < -0.39 is 6.10 Å². The molecule has 0 bridgehead atoms. The van der Waals surface area contributed by atoms with Crippen LogP contribution in [0.5, 0.6) is 0 Å². The molecule has 0 saturated carbocycles. The summed E-state index contributed by atoms with van der Waals surface area (Å²) in [6.07, 6.45) is 4.34. The van der Waals surface area contributed by atoms with E-state index in [4.69, 9.17) is 16.1 Å². The van der Waals surface area contributed by atoms with Crippen LogP contribution < -0.4 is 0 Å². The average Bonchev–Trinajstić information content (AvgIpc) is 3.07. The Balaban J connectivity index is 2.22. The molecule has 3 aromatic rings. The Hall–Kier alpha value is -2.17. The van der Waals surface area contributed by atoms with Gasteiger partial charge in [0.2, 0.25) is 0 Å². The molecule has 1 atom stereocenters. The summed E-state index contributed by atoms with van der Waals surface area (Å²) in [6, 6.07) is 9.44. The van der Waals surface area contributed by atoms with Crippen LogP contribution in [0.4, 0.5) is 0 Å². The fourth-order valence-electron chi connectivity index (χ4n) is 3.26. The molecule has 0 radical (unpaired) electrons. The zero-order valence-electron chi connectivity index (χ0n) is 16.2. The number of aromatic nitrogens is 2. The number of halogens is 1. The lowest BCUT2D eigenvalue weighted by molar-refractivity contribution is 0.212. The van der Waals surface area contributed by atoms with E-state index in [-0.39, 0.29) is 5.41 Å². The Morgan fingerprint density at radius 1 is 1.22 bits per heavy atom. The largest absolute Gasteiger partial charge is 0.383 e. The Bertz CT molecular complexity index is 914. The zero-order chi connectivity index (χ0) is 19.6. The van der Waals surface area contributed by atoms with Crippen molar-refractivity contribution in [1.29, 1.82) is 0 Å². The molecule has 1 N–H and O–H groups in total. The van der Waals surface area contributed by atoms with Crippen LogP contribution in [0.25, 0.3) is 11.3 Å². The van der Waals surface area contributed by atoms with Gasteiger partial charge in [0.15, 0.2) is 0 Å². The highest BCUT2D eigenvalue weighted by Crippen LogP contribution is 2.40. The first-order chi connectivity index (χ1) is 12.8. The van der Waals surface area contributed by atoms with E-state index in [0.29, 0.717) is 27.6 Å². The Labute approximate surface area is 165 Å². The average molecular weight is 385 g/mol. The second kappa shape index (κ2) is 7.83. The van der Waals surface area contributed by atoms with Gasteiger partial charge < -0.3 is 9.63 Å². The summed E-state index contributed by atoms with van der Waals surface area (Å²) in [4.78, 5) is 4.14. The van der Waals surface area contributed by atoms with Gasteiger partial charge in [-0.1, -0.05) is 63.0 Å². The maximum Gasteiger partial charge on any atom is 0.148 e. The van der Waals surface area contributed by atoms with Gasteiger partial charge in [0.05, 0.1) is 5.56 Å². The smallest absolute Gasteiger partial charge is 0.148 e. The van der Waals surface area contributed by atoms with E-state index in [9.17, 15) is 5.11 Å². The second-order valence-corrected chi connectivity index (χ2v) is 8.20. The van der Waals surface area contributed by atoms with E-state index in [0.717, 1.165) is 24.0 Å². The Morgan fingerprint density at radius 2 is 2.00 bits per heavy atom. The monoisotopic (exact) mass is 384 g/mol. The number of hydrogen-bond donors (Lipinski definition) is 1. The Morgan fingerprint density at radius 3 is 2.63 bits per heavy atom. The topological polar surface area (TPSA) is 59.2 Å². The minimum Gasteiger partial charge on any atom is -0.383 e. The van der Waals surface area contributed by atoms with Crippen molar-refractivity contribution < 1.29 is 9.63 Å². The number of benzene rings is 1. The highest BCUT2D eigenvalue weighted by Gasteiger charge is 2.32. The summed E-state index contributed by atoms with van der Waals surface area (Å²) >= 11 is 6.21. The van der Waals surface area contributed by atoms with Crippen molar-refractivity contribution in [2.24, 2.45) is 0 Å². The summed E-state index contributed by atoms with van der Waals surface area (Å²) < 4.78 is 5.76. The van der Waals surface area contributed by atoms with Crippen LogP contribution in [-0.2, 0) is 11.8 Å². The standard InChI is InChI=1S/C22H25ClN2O2/c1-5-7-14-12-16(23)9-10-17(14)19-18(21(27-25-19)22(2,3)4)20(26)15-8-6-11-24-13-15/h6,8-13,20,26H,5,7H2,1-4H3. The lowest BCUT2D eigenvalue weighted by Gasteiger charge is -2.20. The molecular formula is C22H25ClN2O2. The quantitative estimate of drug-likeness (QED) is 0.611. The van der Waals surface area contributed by atoms with Crippen LogP contribution in [0.3, 0.4) is 0 Å². The second-order valence-electron chi connectivity index (χ2n) is 7.76. The lowest BCUT2D eigenvalue weighted by atomic mass is 9.85. The molecule has 0 aliphatic carbocycles. The summed E-state index contributed by atoms with van der Waals surface area (Å²) in [5.74, 6) is 0.672. The number of aryl methyl sites for hydroxylation is 1. The molecule has 142 valence electrons. The summed E-state index contributed by atoms with van der Waals surface area (Å²) in [7, 11) is 0. The summed E-state index contributed by atoms with van der Waals surface area (Å²) in [5.41, 5.74) is 3.79. The summed E-state index contributed by atoms with van der Waals surface area (Å²) in [6.45, 7) is 8.27. The molecule has 3 rings (SSSR count). The van der Waals surface area contributed by atoms with Gasteiger partial charge in [0.1, 0.15) is 17.6 Å². The number of rotatable bonds is 5. The molecule has 0 aliphatic rings. The molecule has 2 aromatic heterocycles. The third-order valence-corrected chi connectivity index (χ3v) is 4.76. The fourth-order valence-corrected chi connectivity index (χ4v) is 3.45. The number of aliphatic hydroxyl groups excluding tert-OH is 1. The molecular weight excluding hydrogens is 360 g/mol. The number of nitrogens with zero attached hydrogens (tertiary/aromatic N) is 2. The van der Waals surface area contributed by atoms with E-state index in [1.807, 2.05) is 51.1 Å². The first kappa shape index (κ1) is 19.6. The van der Waals surface area contributed by atoms with Gasteiger partial charge in [0, 0.05) is 34.0 Å². The van der Waals surface area contributed by atoms with Gasteiger partial charge in [-0.15, -0.1) is 0 Å². The van der Waals surface area contributed by atoms with Gasteiger partial charge in [-0.05, 0) is 30.2 Å². The molecule has 0 aliphatic heterocycles. The van der Waals surface area contributed by atoms with Crippen LogP contribution in [0.1, 0.15) is 62.7 Å². The van der Waals surface area contributed by atoms with Crippen molar-refractivity contribution in [3.05, 3.63) is 70.2 Å². The van der Waals surface area contributed by atoms with Crippen molar-refractivity contribution in [3.63, 3.8) is 0 Å². The van der Waals surface area contributed by atoms with E-state index in [1.54, 1.807) is 12.4 Å². The normalized spacial score (nSPS) is 13.0. The minimum absolute atomic E-state index is 0.304. The highest BCUT2D eigenvalue weighted by atomic mass is 35.5. The van der Waals surface area contributed by atoms with Gasteiger partial charge in [-0.25, -0.2) is 0 Å². The number of pyridine rings is 1. The van der Waals surface area contributed by atoms with Crippen molar-refractivity contribution in [1.82, 2.24) is 10.1 Å². The molecule has 5 heteroatoms. The first-order valence-electron chi connectivity index (χ1n) is 9.19. The van der Waals surface area contributed by atoms with Gasteiger partial charge in [-0.2, -0.15) is 0 Å². The molecule has 4 nitrogen and oxygen atoms in total. The predicted octanol–water partition coefficient (Wildman–Crippen LogP) is 5.72. The van der Waals surface area contributed by atoms with Gasteiger partial charge >= 0.3 is 0 Å². The molecule has 27 heavy (non-hydrogen) atoms. The molecule has 2 heterocycles. The SMILES string of the molecule is CCCc1cc(Cl)ccc1-c1noc(C(C)(C)C)c1C(O)c1cccnc1. The molecule has 0 saturated heterocycles. The van der Waals surface area contributed by atoms with Crippen LogP contribution in [0.15, 0.2) is 47.2 Å². The van der Waals surface area contributed by atoms with Gasteiger partial charge in [0.25, 0.3) is 0 Å². The van der Waals surface area contributed by atoms with E-state index in [1.165, 1.54) is 0 Å². The maximum absolute atomic E-state index is 11.2. The molecule has 0 spiro atoms. The zero-order valence-corrected chi connectivity index (χ0v) is 16.9. The molecule has 1 unspecified atom stereocenters. The van der Waals surface area contributed by atoms with E-state index >= 15 is 0 Å². The van der Waals surface area contributed by atoms with Gasteiger partial charge in [-0.3, -0.25) is 4.98 Å². The predicted molar refractivity (Wildman–Crippen MR) is 108 cm³/mol. The minimum atomic E-state index is -0.876. The first-order valence-corrected chi connectivity index (χ1v) is 9.57. The van der Waals surface area contributed by atoms with Crippen molar-refractivity contribution in [3.8, 4) is 11.3 Å². The van der Waals surface area contributed by atoms with Crippen LogP contribution in [-0.4, -0.2) is 15.2 Å². The third-order valence-electron chi connectivity index (χ3n) is 4.52. The molecule has 0 fully saturated rings. The fraction of sp³-hybridized carbons (Fsp3) is 0.364. The van der Waals surface area contributed by atoms with Crippen LogP contribution in [0.2, 0.25) is 5.02 Å². The molecule has 1 aromatic carbocycles. The van der Waals surface area contributed by atoms with Crippen molar-refractivity contribution in [2.45, 2.75) is 52.1 Å². The number of hydrogen-bond acceptors (Lipinski definition) is 4.